The van der Waals surface area contributed by atoms with Gasteiger partial charge < -0.3 is 5.11 Å². The highest BCUT2D eigenvalue weighted by Gasteiger charge is 2.36. The molecule has 1 aromatic heterocycles. The fraction of sp³-hybridized carbons (Fsp3) is 0.111. The fourth-order valence-electron chi connectivity index (χ4n) is 2.58. The lowest BCUT2D eigenvalue weighted by molar-refractivity contribution is 0.0767. The summed E-state index contributed by atoms with van der Waals surface area (Å²) in [5.41, 5.74) is 0.588. The van der Waals surface area contributed by atoms with Gasteiger partial charge in [0.2, 0.25) is 0 Å². The molecule has 4 nitrogen and oxygen atoms in total. The second kappa shape index (κ2) is 7.04. The van der Waals surface area contributed by atoms with Crippen molar-refractivity contribution >= 4 is 39.8 Å². The van der Waals surface area contributed by atoms with E-state index in [9.17, 15) is 5.11 Å². The molecule has 0 fully saturated rings. The third-order valence-corrected chi connectivity index (χ3v) is 4.92. The van der Waals surface area contributed by atoms with Gasteiger partial charge in [-0.3, -0.25) is 0 Å². The van der Waals surface area contributed by atoms with Crippen LogP contribution in [0.25, 0.3) is 5.57 Å². The lowest BCUT2D eigenvalue weighted by Gasteiger charge is -2.32. The van der Waals surface area contributed by atoms with Gasteiger partial charge >= 0.3 is 0 Å². The summed E-state index contributed by atoms with van der Waals surface area (Å²) in [6.07, 6.45) is 2.99. The first-order valence-electron chi connectivity index (χ1n) is 7.26. The first-order valence-corrected chi connectivity index (χ1v) is 8.71. The van der Waals surface area contributed by atoms with E-state index in [0.29, 0.717) is 16.2 Å². The molecular weight excluding hydrogens is 437 g/mol. The molecule has 0 saturated carbocycles. The van der Waals surface area contributed by atoms with Crippen LogP contribution < -0.4 is 0 Å². The van der Waals surface area contributed by atoms with Crippen molar-refractivity contribution in [3.05, 3.63) is 87.5 Å². The van der Waals surface area contributed by atoms with Crippen LogP contribution >= 0.6 is 34.2 Å². The molecule has 3 aromatic rings. The smallest absolute Gasteiger partial charge is 0.137 e. The van der Waals surface area contributed by atoms with Crippen LogP contribution in [0.2, 0.25) is 5.02 Å². The van der Waals surface area contributed by atoms with E-state index >= 15 is 0 Å². The van der Waals surface area contributed by atoms with Crippen LogP contribution in [-0.4, -0.2) is 19.9 Å². The standard InChI is InChI=1S/C18H15ClIN3O/c1-13(14-6-8-15(20)9-7-14)18(24,10-23-12-21-11-22-23)16-4-2-3-5-17(16)19/h2-9,11-12,24H,1,10H2. The number of hydrogen-bond donors (Lipinski definition) is 1. The largest absolute Gasteiger partial charge is 0.378 e. The Labute approximate surface area is 159 Å². The fourth-order valence-corrected chi connectivity index (χ4v) is 3.23. The van der Waals surface area contributed by atoms with Crippen LogP contribution in [0.3, 0.4) is 0 Å². The number of halogens is 2. The van der Waals surface area contributed by atoms with E-state index in [1.54, 1.807) is 23.1 Å². The molecule has 0 bridgehead atoms. The van der Waals surface area contributed by atoms with Gasteiger partial charge in [0.1, 0.15) is 18.3 Å². The minimum Gasteiger partial charge on any atom is -0.378 e. The number of aliphatic hydroxyl groups is 1. The Bertz CT molecular complexity index is 849. The number of aromatic nitrogens is 3. The maximum atomic E-state index is 11.6. The number of benzene rings is 2. The molecule has 0 radical (unpaired) electrons. The Kier molecular flexibility index (Phi) is 5.03. The summed E-state index contributed by atoms with van der Waals surface area (Å²) < 4.78 is 2.68. The lowest BCUT2D eigenvalue weighted by atomic mass is 9.83. The predicted molar refractivity (Wildman–Crippen MR) is 104 cm³/mol. The Morgan fingerprint density at radius 3 is 2.54 bits per heavy atom. The zero-order chi connectivity index (χ0) is 17.2. The van der Waals surface area contributed by atoms with E-state index < -0.39 is 5.60 Å². The van der Waals surface area contributed by atoms with Gasteiger partial charge in [-0.2, -0.15) is 5.10 Å². The summed E-state index contributed by atoms with van der Waals surface area (Å²) in [6.45, 7) is 4.32. The monoisotopic (exact) mass is 451 g/mol. The molecule has 122 valence electrons. The van der Waals surface area contributed by atoms with E-state index in [1.165, 1.54) is 6.33 Å². The summed E-state index contributed by atoms with van der Waals surface area (Å²) >= 11 is 8.60. The molecule has 0 aliphatic heterocycles. The highest BCUT2D eigenvalue weighted by Crippen LogP contribution is 2.39. The molecule has 0 aliphatic rings. The number of hydrogen-bond acceptors (Lipinski definition) is 3. The average Bonchev–Trinajstić information content (AvgIpc) is 3.08. The Morgan fingerprint density at radius 1 is 1.21 bits per heavy atom. The predicted octanol–water partition coefficient (Wildman–Crippen LogP) is 4.14. The van der Waals surface area contributed by atoms with Crippen molar-refractivity contribution in [1.29, 1.82) is 0 Å². The quantitative estimate of drug-likeness (QED) is 0.593. The van der Waals surface area contributed by atoms with E-state index in [4.69, 9.17) is 11.6 Å². The minimum absolute atomic E-state index is 0.168. The summed E-state index contributed by atoms with van der Waals surface area (Å²) in [5.74, 6) is 0. The molecule has 1 heterocycles. The van der Waals surface area contributed by atoms with Crippen molar-refractivity contribution in [2.24, 2.45) is 0 Å². The topological polar surface area (TPSA) is 50.9 Å². The van der Waals surface area contributed by atoms with Crippen molar-refractivity contribution in [2.45, 2.75) is 12.1 Å². The van der Waals surface area contributed by atoms with Crippen molar-refractivity contribution in [3.63, 3.8) is 0 Å². The lowest BCUT2D eigenvalue weighted by Crippen LogP contribution is -2.33. The molecule has 0 aliphatic carbocycles. The van der Waals surface area contributed by atoms with Gasteiger partial charge in [0.15, 0.2) is 0 Å². The van der Waals surface area contributed by atoms with Gasteiger partial charge in [-0.05, 0) is 51.9 Å². The van der Waals surface area contributed by atoms with Gasteiger partial charge in [-0.15, -0.1) is 0 Å². The zero-order valence-corrected chi connectivity index (χ0v) is 15.6. The Morgan fingerprint density at radius 2 is 1.92 bits per heavy atom. The average molecular weight is 452 g/mol. The number of rotatable bonds is 5. The molecule has 6 heteroatoms. The van der Waals surface area contributed by atoms with Gasteiger partial charge in [0, 0.05) is 14.2 Å². The molecule has 1 unspecified atom stereocenters. The zero-order valence-electron chi connectivity index (χ0n) is 12.7. The third-order valence-electron chi connectivity index (χ3n) is 3.87. The highest BCUT2D eigenvalue weighted by atomic mass is 127. The number of nitrogens with zero attached hydrogens (tertiary/aromatic N) is 3. The molecular formula is C18H15ClIN3O. The van der Waals surface area contributed by atoms with Crippen LogP contribution in [-0.2, 0) is 12.1 Å². The van der Waals surface area contributed by atoms with Gasteiger partial charge in [0.05, 0.1) is 6.54 Å². The van der Waals surface area contributed by atoms with E-state index in [0.717, 1.165) is 9.13 Å². The van der Waals surface area contributed by atoms with E-state index in [1.807, 2.05) is 36.4 Å². The summed E-state index contributed by atoms with van der Waals surface area (Å²) in [7, 11) is 0. The molecule has 0 spiro atoms. The molecule has 1 atom stereocenters. The first-order chi connectivity index (χ1) is 11.5. The molecule has 0 amide bonds. The molecule has 1 N–H and O–H groups in total. The molecule has 3 rings (SSSR count). The maximum Gasteiger partial charge on any atom is 0.137 e. The van der Waals surface area contributed by atoms with Crippen molar-refractivity contribution in [2.75, 3.05) is 0 Å². The van der Waals surface area contributed by atoms with Crippen LogP contribution in [0, 0.1) is 3.57 Å². The first kappa shape index (κ1) is 17.1. The highest BCUT2D eigenvalue weighted by molar-refractivity contribution is 14.1. The summed E-state index contributed by atoms with van der Waals surface area (Å²) in [4.78, 5) is 3.94. The maximum absolute atomic E-state index is 11.6. The minimum atomic E-state index is -1.40. The second-order valence-electron chi connectivity index (χ2n) is 5.42. The normalized spacial score (nSPS) is 13.5. The third kappa shape index (κ3) is 3.38. The summed E-state index contributed by atoms with van der Waals surface area (Å²) in [5, 5.41) is 16.1. The van der Waals surface area contributed by atoms with Crippen molar-refractivity contribution in [3.8, 4) is 0 Å². The summed E-state index contributed by atoms with van der Waals surface area (Å²) in [6, 6.07) is 15.1. The van der Waals surface area contributed by atoms with E-state index in [-0.39, 0.29) is 6.54 Å². The van der Waals surface area contributed by atoms with Gasteiger partial charge in [-0.25, -0.2) is 9.67 Å². The van der Waals surface area contributed by atoms with Crippen LogP contribution in [0.5, 0.6) is 0 Å². The second-order valence-corrected chi connectivity index (χ2v) is 7.07. The van der Waals surface area contributed by atoms with Crippen molar-refractivity contribution in [1.82, 2.24) is 14.8 Å². The molecule has 0 saturated heterocycles. The molecule has 2 aromatic carbocycles. The van der Waals surface area contributed by atoms with Crippen molar-refractivity contribution < 1.29 is 5.11 Å². The van der Waals surface area contributed by atoms with Gasteiger partial charge in [0.25, 0.3) is 0 Å². The Hall–Kier alpha value is -1.70. The van der Waals surface area contributed by atoms with E-state index in [2.05, 4.69) is 39.3 Å². The van der Waals surface area contributed by atoms with Crippen LogP contribution in [0.15, 0.2) is 67.8 Å². The Balaban J connectivity index is 2.09. The molecule has 24 heavy (non-hydrogen) atoms. The van der Waals surface area contributed by atoms with Gasteiger partial charge in [-0.1, -0.05) is 48.5 Å². The van der Waals surface area contributed by atoms with Crippen LogP contribution in [0.1, 0.15) is 11.1 Å². The van der Waals surface area contributed by atoms with Crippen LogP contribution in [0.4, 0.5) is 0 Å². The SMILES string of the molecule is C=C(c1ccc(I)cc1)C(O)(Cn1cncn1)c1ccccc1Cl.